The topological polar surface area (TPSA) is 97.0 Å². The number of fused-ring (bicyclic) bond motifs is 1. The first kappa shape index (κ1) is 23.8. The van der Waals surface area contributed by atoms with Gasteiger partial charge in [0.15, 0.2) is 11.5 Å². The molecular weight excluding hydrogens is 418 g/mol. The van der Waals surface area contributed by atoms with Gasteiger partial charge in [-0.15, -0.1) is 0 Å². The van der Waals surface area contributed by atoms with Gasteiger partial charge in [0.05, 0.1) is 4.90 Å². The standard InChI is InChI=1S/C22H35N3O5S/c1-18-6-5-12-25(17-18)13-11-23-22(26)7-3-2-4-10-24-31(27,28)19-8-9-20-21(16-19)30-15-14-29-20/h8-9,16,18,24H,2-7,10-15,17H2,1H3,(H,23,26). The minimum absolute atomic E-state index is 0.0712. The molecular formula is C22H35N3O5S. The molecule has 9 heteroatoms. The fourth-order valence-corrected chi connectivity index (χ4v) is 5.09. The van der Waals surface area contributed by atoms with Crippen molar-refractivity contribution in [2.75, 3.05) is 45.9 Å². The second kappa shape index (κ2) is 11.7. The number of piperidine rings is 1. The molecule has 2 aliphatic heterocycles. The number of nitrogens with one attached hydrogen (secondary N) is 2. The summed E-state index contributed by atoms with van der Waals surface area (Å²) in [4.78, 5) is 14.6. The second-order valence-corrected chi connectivity index (χ2v) is 10.2. The number of likely N-dealkylation sites (tertiary alicyclic amines) is 1. The maximum absolute atomic E-state index is 12.5. The monoisotopic (exact) mass is 453 g/mol. The highest BCUT2D eigenvalue weighted by Gasteiger charge is 2.19. The highest BCUT2D eigenvalue weighted by atomic mass is 32.2. The second-order valence-electron chi connectivity index (χ2n) is 8.41. The average molecular weight is 454 g/mol. The maximum atomic E-state index is 12.5. The Kier molecular flexibility index (Phi) is 8.98. The number of carbonyl (C=O) groups is 1. The van der Waals surface area contributed by atoms with Crippen LogP contribution < -0.4 is 19.5 Å². The van der Waals surface area contributed by atoms with Crippen molar-refractivity contribution < 1.29 is 22.7 Å². The van der Waals surface area contributed by atoms with Crippen LogP contribution in [0.2, 0.25) is 0 Å². The number of hydrogen-bond acceptors (Lipinski definition) is 6. The summed E-state index contributed by atoms with van der Waals surface area (Å²) < 4.78 is 38.4. The van der Waals surface area contributed by atoms with Gasteiger partial charge in [0.25, 0.3) is 0 Å². The zero-order chi connectivity index (χ0) is 22.1. The molecule has 1 saturated heterocycles. The first-order valence-corrected chi connectivity index (χ1v) is 12.8. The van der Waals surface area contributed by atoms with Gasteiger partial charge in [-0.2, -0.15) is 0 Å². The van der Waals surface area contributed by atoms with Gasteiger partial charge in [-0.05, 0) is 50.3 Å². The molecule has 2 aliphatic rings. The molecule has 0 aromatic heterocycles. The smallest absolute Gasteiger partial charge is 0.240 e. The molecule has 0 radical (unpaired) electrons. The van der Waals surface area contributed by atoms with Crippen LogP contribution in [0.5, 0.6) is 11.5 Å². The van der Waals surface area contributed by atoms with Crippen molar-refractivity contribution in [1.29, 1.82) is 0 Å². The van der Waals surface area contributed by atoms with Crippen molar-refractivity contribution >= 4 is 15.9 Å². The summed E-state index contributed by atoms with van der Waals surface area (Å²) in [6, 6.07) is 4.63. The van der Waals surface area contributed by atoms with Gasteiger partial charge in [-0.3, -0.25) is 4.79 Å². The van der Waals surface area contributed by atoms with Crippen molar-refractivity contribution in [2.45, 2.75) is 50.3 Å². The van der Waals surface area contributed by atoms with Gasteiger partial charge < -0.3 is 19.7 Å². The maximum Gasteiger partial charge on any atom is 0.240 e. The van der Waals surface area contributed by atoms with Crippen LogP contribution in [0.25, 0.3) is 0 Å². The van der Waals surface area contributed by atoms with E-state index < -0.39 is 10.0 Å². The number of sulfonamides is 1. The Morgan fingerprint density at radius 2 is 1.94 bits per heavy atom. The first-order chi connectivity index (χ1) is 14.9. The van der Waals surface area contributed by atoms with E-state index in [1.807, 2.05) is 0 Å². The van der Waals surface area contributed by atoms with Gasteiger partial charge in [-0.1, -0.05) is 13.3 Å². The third-order valence-electron chi connectivity index (χ3n) is 5.69. The molecule has 31 heavy (non-hydrogen) atoms. The molecule has 174 valence electrons. The van der Waals surface area contributed by atoms with E-state index in [0.29, 0.717) is 50.6 Å². The van der Waals surface area contributed by atoms with E-state index in [9.17, 15) is 13.2 Å². The molecule has 0 bridgehead atoms. The number of amides is 1. The normalized spacial score (nSPS) is 19.2. The summed E-state index contributed by atoms with van der Waals surface area (Å²) in [5.41, 5.74) is 0. The molecule has 1 aromatic carbocycles. The van der Waals surface area contributed by atoms with Crippen LogP contribution in [-0.4, -0.2) is 65.2 Å². The van der Waals surface area contributed by atoms with Crippen LogP contribution in [0.1, 0.15) is 45.4 Å². The average Bonchev–Trinajstić information content (AvgIpc) is 2.76. The Balaban J connectivity index is 1.26. The lowest BCUT2D eigenvalue weighted by Gasteiger charge is -2.30. The minimum atomic E-state index is -3.59. The molecule has 1 atom stereocenters. The van der Waals surface area contributed by atoms with E-state index in [0.717, 1.165) is 38.4 Å². The molecule has 3 rings (SSSR count). The van der Waals surface area contributed by atoms with Crippen LogP contribution in [0.15, 0.2) is 23.1 Å². The molecule has 1 amide bonds. The third-order valence-corrected chi connectivity index (χ3v) is 7.15. The molecule has 8 nitrogen and oxygen atoms in total. The Morgan fingerprint density at radius 1 is 1.13 bits per heavy atom. The van der Waals surface area contributed by atoms with E-state index in [-0.39, 0.29) is 10.8 Å². The predicted molar refractivity (Wildman–Crippen MR) is 119 cm³/mol. The molecule has 1 fully saturated rings. The van der Waals surface area contributed by atoms with E-state index >= 15 is 0 Å². The summed E-state index contributed by atoms with van der Waals surface area (Å²) in [5, 5.41) is 2.99. The van der Waals surface area contributed by atoms with Crippen LogP contribution in [0, 0.1) is 5.92 Å². The summed E-state index contributed by atoms with van der Waals surface area (Å²) >= 11 is 0. The summed E-state index contributed by atoms with van der Waals surface area (Å²) in [6.45, 7) is 7.35. The number of ether oxygens (including phenoxy) is 2. The molecule has 1 aromatic rings. The SMILES string of the molecule is CC1CCCN(CCNC(=O)CCCCCNS(=O)(=O)c2ccc3c(c2)OCCO3)C1. The van der Waals surface area contributed by atoms with Gasteiger partial charge in [0, 0.05) is 38.7 Å². The number of hydrogen-bond donors (Lipinski definition) is 2. The predicted octanol–water partition coefficient (Wildman–Crippen LogP) is 2.14. The lowest BCUT2D eigenvalue weighted by molar-refractivity contribution is -0.121. The zero-order valence-corrected chi connectivity index (χ0v) is 19.2. The van der Waals surface area contributed by atoms with Crippen LogP contribution in [0.3, 0.4) is 0 Å². The third kappa shape index (κ3) is 7.66. The molecule has 2 heterocycles. The Labute approximate surface area is 185 Å². The first-order valence-electron chi connectivity index (χ1n) is 11.3. The molecule has 1 unspecified atom stereocenters. The largest absolute Gasteiger partial charge is 0.486 e. The Hall–Kier alpha value is -1.84. The van der Waals surface area contributed by atoms with Gasteiger partial charge >= 0.3 is 0 Å². The van der Waals surface area contributed by atoms with Crippen LogP contribution in [0.4, 0.5) is 0 Å². The zero-order valence-electron chi connectivity index (χ0n) is 18.4. The molecule has 0 saturated carbocycles. The fraction of sp³-hybridized carbons (Fsp3) is 0.682. The van der Waals surface area contributed by atoms with Crippen molar-refractivity contribution in [3.05, 3.63) is 18.2 Å². The van der Waals surface area contributed by atoms with Crippen molar-refractivity contribution in [2.24, 2.45) is 5.92 Å². The highest BCUT2D eigenvalue weighted by Crippen LogP contribution is 2.32. The quantitative estimate of drug-likeness (QED) is 0.499. The highest BCUT2D eigenvalue weighted by molar-refractivity contribution is 7.89. The molecule has 0 spiro atoms. The van der Waals surface area contributed by atoms with Crippen molar-refractivity contribution in [3.63, 3.8) is 0 Å². The number of benzene rings is 1. The number of nitrogens with zero attached hydrogens (tertiary/aromatic N) is 1. The van der Waals surface area contributed by atoms with E-state index in [2.05, 4.69) is 21.9 Å². The number of carbonyl (C=O) groups excluding carboxylic acids is 1. The lowest BCUT2D eigenvalue weighted by Crippen LogP contribution is -2.40. The van der Waals surface area contributed by atoms with Crippen molar-refractivity contribution in [1.82, 2.24) is 14.9 Å². The number of unbranched alkanes of at least 4 members (excludes halogenated alkanes) is 2. The van der Waals surface area contributed by atoms with E-state index in [1.54, 1.807) is 6.07 Å². The van der Waals surface area contributed by atoms with E-state index in [4.69, 9.17) is 9.47 Å². The molecule has 2 N–H and O–H groups in total. The molecule has 0 aliphatic carbocycles. The lowest BCUT2D eigenvalue weighted by atomic mass is 10.0. The summed E-state index contributed by atoms with van der Waals surface area (Å²) in [7, 11) is -3.59. The van der Waals surface area contributed by atoms with Crippen molar-refractivity contribution in [3.8, 4) is 11.5 Å². The number of rotatable bonds is 11. The minimum Gasteiger partial charge on any atom is -0.486 e. The Morgan fingerprint density at radius 3 is 2.74 bits per heavy atom. The van der Waals surface area contributed by atoms with Gasteiger partial charge in [0.1, 0.15) is 13.2 Å². The van der Waals surface area contributed by atoms with Gasteiger partial charge in [-0.25, -0.2) is 13.1 Å². The fourth-order valence-electron chi connectivity index (χ4n) is 4.00. The van der Waals surface area contributed by atoms with Crippen LogP contribution in [-0.2, 0) is 14.8 Å². The summed E-state index contributed by atoms with van der Waals surface area (Å²) in [5.74, 6) is 1.84. The Bertz CT molecular complexity index is 830. The van der Waals surface area contributed by atoms with E-state index in [1.165, 1.54) is 25.0 Å². The van der Waals surface area contributed by atoms with Gasteiger partial charge in [0.2, 0.25) is 15.9 Å². The van der Waals surface area contributed by atoms with Crippen LogP contribution >= 0.6 is 0 Å². The summed E-state index contributed by atoms with van der Waals surface area (Å²) in [6.07, 6.45) is 5.25.